The van der Waals surface area contributed by atoms with Crippen LogP contribution in [0.25, 0.3) is 11.0 Å². The molecule has 2 aromatic heterocycles. The highest BCUT2D eigenvalue weighted by Gasteiger charge is 2.32. The SMILES string of the molecule is C[C@@H](N)C(=O)N1CCN(S(=O)(=O)c2c[nH]c3ncccc23)CC1.Cl. The summed E-state index contributed by atoms with van der Waals surface area (Å²) in [5.74, 6) is -0.154. The quantitative estimate of drug-likeness (QED) is 0.796. The number of amides is 1. The van der Waals surface area contributed by atoms with Crippen molar-refractivity contribution in [2.24, 2.45) is 5.73 Å². The van der Waals surface area contributed by atoms with Gasteiger partial charge in [-0.15, -0.1) is 12.4 Å². The molecule has 0 radical (unpaired) electrons. The number of hydrogen-bond acceptors (Lipinski definition) is 5. The first-order valence-electron chi connectivity index (χ1n) is 7.38. The molecule has 3 rings (SSSR count). The normalized spacial score (nSPS) is 17.5. The molecule has 0 aromatic carbocycles. The van der Waals surface area contributed by atoms with Crippen molar-refractivity contribution >= 4 is 39.4 Å². The van der Waals surface area contributed by atoms with Crippen molar-refractivity contribution in [2.45, 2.75) is 17.9 Å². The standard InChI is InChI=1S/C14H19N5O3S.ClH/c1-10(15)14(20)18-5-7-19(8-6-18)23(21,22)12-9-17-13-11(12)3-2-4-16-13;/h2-4,9-10H,5-8,15H2,1H3,(H,16,17);1H/t10-;/m1./s1. The summed E-state index contributed by atoms with van der Waals surface area (Å²) in [5, 5.41) is 0.571. The van der Waals surface area contributed by atoms with Gasteiger partial charge in [0.1, 0.15) is 10.5 Å². The van der Waals surface area contributed by atoms with E-state index in [9.17, 15) is 13.2 Å². The number of nitrogens with two attached hydrogens (primary N) is 1. The number of carbonyl (C=O) groups is 1. The number of carbonyl (C=O) groups excluding carboxylic acids is 1. The maximum atomic E-state index is 12.8. The lowest BCUT2D eigenvalue weighted by Gasteiger charge is -2.34. The number of pyridine rings is 1. The molecule has 2 aromatic rings. The average molecular weight is 374 g/mol. The van der Waals surface area contributed by atoms with Crippen LogP contribution in [0.3, 0.4) is 0 Å². The molecular weight excluding hydrogens is 354 g/mol. The van der Waals surface area contributed by atoms with Gasteiger partial charge in [0, 0.05) is 44.0 Å². The van der Waals surface area contributed by atoms with Gasteiger partial charge in [0.05, 0.1) is 6.04 Å². The molecule has 132 valence electrons. The molecule has 0 bridgehead atoms. The number of hydrogen-bond donors (Lipinski definition) is 2. The monoisotopic (exact) mass is 373 g/mol. The first-order valence-corrected chi connectivity index (χ1v) is 8.82. The van der Waals surface area contributed by atoms with E-state index in [4.69, 9.17) is 5.73 Å². The number of aromatic amines is 1. The summed E-state index contributed by atoms with van der Waals surface area (Å²) in [7, 11) is -3.62. The summed E-state index contributed by atoms with van der Waals surface area (Å²) in [4.78, 5) is 20.7. The van der Waals surface area contributed by atoms with Crippen molar-refractivity contribution in [3.63, 3.8) is 0 Å². The maximum absolute atomic E-state index is 12.8. The number of fused-ring (bicyclic) bond motifs is 1. The van der Waals surface area contributed by atoms with Gasteiger partial charge in [0.25, 0.3) is 0 Å². The summed E-state index contributed by atoms with van der Waals surface area (Å²) in [6.07, 6.45) is 3.07. The minimum atomic E-state index is -3.62. The Hall–Kier alpha value is -1.68. The van der Waals surface area contributed by atoms with Crippen LogP contribution in [0.5, 0.6) is 0 Å². The van der Waals surface area contributed by atoms with E-state index in [2.05, 4.69) is 9.97 Å². The molecule has 1 aliphatic heterocycles. The zero-order valence-electron chi connectivity index (χ0n) is 13.2. The zero-order valence-corrected chi connectivity index (χ0v) is 14.8. The Labute approximate surface area is 146 Å². The maximum Gasteiger partial charge on any atom is 0.245 e. The van der Waals surface area contributed by atoms with Gasteiger partial charge >= 0.3 is 0 Å². The molecule has 1 saturated heterocycles. The van der Waals surface area contributed by atoms with Gasteiger partial charge in [-0.1, -0.05) is 0 Å². The van der Waals surface area contributed by atoms with Crippen molar-refractivity contribution in [2.75, 3.05) is 26.2 Å². The average Bonchev–Trinajstić information content (AvgIpc) is 2.99. The Bertz CT molecular complexity index is 828. The van der Waals surface area contributed by atoms with Crippen LogP contribution in [0, 0.1) is 0 Å². The number of H-pyrrole nitrogens is 1. The molecule has 3 N–H and O–H groups in total. The molecule has 3 heterocycles. The fourth-order valence-corrected chi connectivity index (χ4v) is 4.29. The van der Waals surface area contributed by atoms with Gasteiger partial charge in [-0.05, 0) is 19.1 Å². The number of nitrogens with zero attached hydrogens (tertiary/aromatic N) is 3. The van der Waals surface area contributed by atoms with Crippen LogP contribution >= 0.6 is 12.4 Å². The van der Waals surface area contributed by atoms with Crippen molar-refractivity contribution in [1.29, 1.82) is 0 Å². The lowest BCUT2D eigenvalue weighted by molar-refractivity contribution is -0.133. The van der Waals surface area contributed by atoms with Crippen LogP contribution in [0.1, 0.15) is 6.92 Å². The second kappa shape index (κ2) is 7.06. The van der Waals surface area contributed by atoms with Crippen LogP contribution in [-0.4, -0.2) is 65.7 Å². The van der Waals surface area contributed by atoms with Crippen LogP contribution in [0.15, 0.2) is 29.4 Å². The van der Waals surface area contributed by atoms with Gasteiger partial charge < -0.3 is 15.6 Å². The minimum Gasteiger partial charge on any atom is -0.345 e. The number of sulfonamides is 1. The van der Waals surface area contributed by atoms with E-state index in [0.29, 0.717) is 24.1 Å². The van der Waals surface area contributed by atoms with Crippen LogP contribution in [-0.2, 0) is 14.8 Å². The van der Waals surface area contributed by atoms with Crippen molar-refractivity contribution < 1.29 is 13.2 Å². The Morgan fingerprint density at radius 2 is 2.00 bits per heavy atom. The second-order valence-corrected chi connectivity index (χ2v) is 7.48. The molecule has 24 heavy (non-hydrogen) atoms. The summed E-state index contributed by atoms with van der Waals surface area (Å²) < 4.78 is 27.0. The molecule has 1 fully saturated rings. The zero-order chi connectivity index (χ0) is 16.6. The Morgan fingerprint density at radius 3 is 2.62 bits per heavy atom. The third-order valence-corrected chi connectivity index (χ3v) is 5.91. The molecular formula is C14H20ClN5O3S. The number of aromatic nitrogens is 2. The van der Waals surface area contributed by atoms with E-state index < -0.39 is 16.1 Å². The van der Waals surface area contributed by atoms with Gasteiger partial charge in [0.2, 0.25) is 15.9 Å². The van der Waals surface area contributed by atoms with E-state index in [1.54, 1.807) is 30.2 Å². The minimum absolute atomic E-state index is 0. The van der Waals surface area contributed by atoms with Crippen molar-refractivity contribution in [1.82, 2.24) is 19.2 Å². The highest BCUT2D eigenvalue weighted by Crippen LogP contribution is 2.25. The predicted molar refractivity (Wildman–Crippen MR) is 92.3 cm³/mol. The highest BCUT2D eigenvalue weighted by molar-refractivity contribution is 7.89. The van der Waals surface area contributed by atoms with Crippen LogP contribution in [0.4, 0.5) is 0 Å². The predicted octanol–water partition coefficient (Wildman–Crippen LogP) is 0.165. The Balaban J connectivity index is 0.00000208. The summed E-state index contributed by atoms with van der Waals surface area (Å²) >= 11 is 0. The van der Waals surface area contributed by atoms with Gasteiger partial charge in [-0.25, -0.2) is 13.4 Å². The van der Waals surface area contributed by atoms with E-state index >= 15 is 0 Å². The largest absolute Gasteiger partial charge is 0.345 e. The third-order valence-electron chi connectivity index (χ3n) is 3.97. The molecule has 0 unspecified atom stereocenters. The lowest BCUT2D eigenvalue weighted by Crippen LogP contribution is -2.53. The van der Waals surface area contributed by atoms with Gasteiger partial charge in [0.15, 0.2) is 0 Å². The summed E-state index contributed by atoms with van der Waals surface area (Å²) in [5.41, 5.74) is 6.13. The Kier molecular flexibility index (Phi) is 5.49. The van der Waals surface area contributed by atoms with Crippen LogP contribution in [0.2, 0.25) is 0 Å². The number of piperazine rings is 1. The van der Waals surface area contributed by atoms with E-state index in [1.165, 1.54) is 10.5 Å². The number of nitrogens with one attached hydrogen (secondary N) is 1. The Morgan fingerprint density at radius 1 is 1.33 bits per heavy atom. The van der Waals surface area contributed by atoms with Gasteiger partial charge in [-0.2, -0.15) is 4.31 Å². The topological polar surface area (TPSA) is 112 Å². The summed E-state index contributed by atoms with van der Waals surface area (Å²) in [6, 6.07) is 2.86. The number of halogens is 1. The highest BCUT2D eigenvalue weighted by atomic mass is 35.5. The van der Waals surface area contributed by atoms with E-state index in [0.717, 1.165) is 0 Å². The van der Waals surface area contributed by atoms with E-state index in [1.807, 2.05) is 0 Å². The molecule has 1 atom stereocenters. The smallest absolute Gasteiger partial charge is 0.245 e. The fourth-order valence-electron chi connectivity index (χ4n) is 2.72. The van der Waals surface area contributed by atoms with Crippen molar-refractivity contribution in [3.05, 3.63) is 24.5 Å². The second-order valence-electron chi connectivity index (χ2n) is 5.57. The molecule has 8 nitrogen and oxygen atoms in total. The van der Waals surface area contributed by atoms with Crippen molar-refractivity contribution in [3.8, 4) is 0 Å². The first kappa shape index (κ1) is 18.7. The third kappa shape index (κ3) is 3.25. The molecule has 1 aliphatic rings. The first-order chi connectivity index (χ1) is 10.9. The van der Waals surface area contributed by atoms with Gasteiger partial charge in [-0.3, -0.25) is 4.79 Å². The molecule has 1 amide bonds. The summed E-state index contributed by atoms with van der Waals surface area (Å²) in [6.45, 7) is 2.84. The molecule has 10 heteroatoms. The molecule has 0 spiro atoms. The molecule has 0 saturated carbocycles. The van der Waals surface area contributed by atoms with E-state index in [-0.39, 0.29) is 36.3 Å². The van der Waals surface area contributed by atoms with Crippen LogP contribution < -0.4 is 5.73 Å². The number of rotatable bonds is 3. The molecule has 0 aliphatic carbocycles. The fraction of sp³-hybridized carbons (Fsp3) is 0.429. The lowest BCUT2D eigenvalue weighted by atomic mass is 10.2.